The van der Waals surface area contributed by atoms with Crippen molar-refractivity contribution < 1.29 is 4.74 Å². The van der Waals surface area contributed by atoms with Gasteiger partial charge in [0.25, 0.3) is 0 Å². The highest BCUT2D eigenvalue weighted by Gasteiger charge is 1.93. The molecule has 0 spiro atoms. The Hall–Kier alpha value is -2.16. The van der Waals surface area contributed by atoms with Gasteiger partial charge in [-0.05, 0) is 29.8 Å². The number of hydrogen-bond donors (Lipinski definition) is 0. The molecule has 0 fully saturated rings. The Kier molecular flexibility index (Phi) is 3.28. The third-order valence-electron chi connectivity index (χ3n) is 2.10. The smallest absolute Gasteiger partial charge is 0.213 e. The van der Waals surface area contributed by atoms with Gasteiger partial charge in [-0.3, -0.25) is 4.98 Å². The van der Waals surface area contributed by atoms with Gasteiger partial charge in [0.15, 0.2) is 0 Å². The summed E-state index contributed by atoms with van der Waals surface area (Å²) in [5.41, 5.74) is 1.97. The molecule has 80 valence electrons. The maximum absolute atomic E-state index is 5.05. The van der Waals surface area contributed by atoms with Crippen LogP contribution in [0.5, 0.6) is 5.88 Å². The van der Waals surface area contributed by atoms with Gasteiger partial charge in [-0.1, -0.05) is 12.1 Å². The van der Waals surface area contributed by atoms with Crippen LogP contribution in [0.1, 0.15) is 11.3 Å². The number of nitrogens with zero attached hydrogens (tertiary/aromatic N) is 2. The molecule has 2 aromatic heterocycles. The summed E-state index contributed by atoms with van der Waals surface area (Å²) < 4.78 is 5.05. The molecule has 0 aliphatic carbocycles. The zero-order valence-electron chi connectivity index (χ0n) is 9.00. The molecule has 2 rings (SSSR count). The Bertz CT molecular complexity index is 480. The maximum atomic E-state index is 5.05. The fourth-order valence-corrected chi connectivity index (χ4v) is 1.30. The standard InChI is InChI=1S/C13H12N2O/c1-16-13-10-11(7-9-15-13)5-6-12-4-2-3-8-14-12/h2-10H,1H3. The molecule has 3 heteroatoms. The van der Waals surface area contributed by atoms with Gasteiger partial charge in [-0.25, -0.2) is 4.98 Å². The Morgan fingerprint density at radius 1 is 1.06 bits per heavy atom. The summed E-state index contributed by atoms with van der Waals surface area (Å²) in [6.45, 7) is 0. The molecule has 0 saturated carbocycles. The first kappa shape index (κ1) is 10.4. The molecule has 0 aliphatic rings. The minimum Gasteiger partial charge on any atom is -0.481 e. The first-order valence-corrected chi connectivity index (χ1v) is 4.97. The minimum absolute atomic E-state index is 0.614. The van der Waals surface area contributed by atoms with Gasteiger partial charge in [-0.2, -0.15) is 0 Å². The van der Waals surface area contributed by atoms with Crippen LogP contribution in [-0.2, 0) is 0 Å². The Labute approximate surface area is 94.4 Å². The SMILES string of the molecule is COc1cc(C=Cc2ccccn2)ccn1. The van der Waals surface area contributed by atoms with E-state index >= 15 is 0 Å². The lowest BCUT2D eigenvalue weighted by Crippen LogP contribution is -1.86. The van der Waals surface area contributed by atoms with Crippen molar-refractivity contribution >= 4 is 12.2 Å². The van der Waals surface area contributed by atoms with Crippen LogP contribution in [0.15, 0.2) is 42.7 Å². The molecule has 2 heterocycles. The van der Waals surface area contributed by atoms with Crippen LogP contribution in [0.3, 0.4) is 0 Å². The van der Waals surface area contributed by atoms with E-state index in [-0.39, 0.29) is 0 Å². The summed E-state index contributed by atoms with van der Waals surface area (Å²) in [6, 6.07) is 9.60. The summed E-state index contributed by atoms with van der Waals surface area (Å²) in [4.78, 5) is 8.24. The molecule has 2 aromatic rings. The normalized spacial score (nSPS) is 10.6. The number of methoxy groups -OCH3 is 1. The van der Waals surface area contributed by atoms with E-state index in [4.69, 9.17) is 4.74 Å². The Balaban J connectivity index is 2.17. The molecule has 0 aliphatic heterocycles. The first-order valence-electron chi connectivity index (χ1n) is 4.97. The van der Waals surface area contributed by atoms with Gasteiger partial charge in [0.2, 0.25) is 5.88 Å². The molecule has 16 heavy (non-hydrogen) atoms. The van der Waals surface area contributed by atoms with Gasteiger partial charge >= 0.3 is 0 Å². The predicted molar refractivity (Wildman–Crippen MR) is 64.0 cm³/mol. The molecular formula is C13H12N2O. The van der Waals surface area contributed by atoms with E-state index in [0.717, 1.165) is 11.3 Å². The number of pyridine rings is 2. The van der Waals surface area contributed by atoms with Crippen LogP contribution in [0.4, 0.5) is 0 Å². The van der Waals surface area contributed by atoms with Crippen molar-refractivity contribution in [3.63, 3.8) is 0 Å². The van der Waals surface area contributed by atoms with Gasteiger partial charge in [-0.15, -0.1) is 0 Å². The quantitative estimate of drug-likeness (QED) is 0.784. The molecule has 0 radical (unpaired) electrons. The van der Waals surface area contributed by atoms with Crippen LogP contribution in [0.2, 0.25) is 0 Å². The minimum atomic E-state index is 0.614. The highest BCUT2D eigenvalue weighted by atomic mass is 16.5. The predicted octanol–water partition coefficient (Wildman–Crippen LogP) is 2.66. The van der Waals surface area contributed by atoms with Crippen molar-refractivity contribution in [3.05, 3.63) is 54.0 Å². The van der Waals surface area contributed by atoms with Gasteiger partial charge in [0.1, 0.15) is 0 Å². The number of ether oxygens (including phenoxy) is 1. The third kappa shape index (κ3) is 2.67. The second kappa shape index (κ2) is 5.07. The third-order valence-corrected chi connectivity index (χ3v) is 2.10. The summed E-state index contributed by atoms with van der Waals surface area (Å²) >= 11 is 0. The van der Waals surface area contributed by atoms with Crippen molar-refractivity contribution in [2.45, 2.75) is 0 Å². The van der Waals surface area contributed by atoms with Crippen LogP contribution < -0.4 is 4.74 Å². The van der Waals surface area contributed by atoms with Crippen molar-refractivity contribution in [1.82, 2.24) is 9.97 Å². The van der Waals surface area contributed by atoms with Crippen molar-refractivity contribution in [3.8, 4) is 5.88 Å². The molecule has 0 unspecified atom stereocenters. The van der Waals surface area contributed by atoms with E-state index in [1.54, 1.807) is 19.5 Å². The Morgan fingerprint density at radius 3 is 2.75 bits per heavy atom. The fraction of sp³-hybridized carbons (Fsp3) is 0.0769. The molecule has 0 bridgehead atoms. The average molecular weight is 212 g/mol. The molecule has 0 N–H and O–H groups in total. The van der Waals surface area contributed by atoms with Crippen molar-refractivity contribution in [2.24, 2.45) is 0 Å². The topological polar surface area (TPSA) is 35.0 Å². The summed E-state index contributed by atoms with van der Waals surface area (Å²) in [5.74, 6) is 0.614. The lowest BCUT2D eigenvalue weighted by atomic mass is 10.2. The second-order valence-electron chi connectivity index (χ2n) is 3.22. The lowest BCUT2D eigenvalue weighted by molar-refractivity contribution is 0.398. The fourth-order valence-electron chi connectivity index (χ4n) is 1.30. The van der Waals surface area contributed by atoms with Crippen LogP contribution in [0, 0.1) is 0 Å². The average Bonchev–Trinajstić information content (AvgIpc) is 2.38. The zero-order valence-corrected chi connectivity index (χ0v) is 9.00. The van der Waals surface area contributed by atoms with E-state index in [1.807, 2.05) is 42.5 Å². The first-order chi connectivity index (χ1) is 7.88. The molecule has 0 atom stereocenters. The van der Waals surface area contributed by atoms with Gasteiger partial charge in [0.05, 0.1) is 12.8 Å². The van der Waals surface area contributed by atoms with Crippen LogP contribution in [-0.4, -0.2) is 17.1 Å². The molecule has 0 amide bonds. The van der Waals surface area contributed by atoms with E-state index in [9.17, 15) is 0 Å². The number of rotatable bonds is 3. The van der Waals surface area contributed by atoms with E-state index < -0.39 is 0 Å². The zero-order chi connectivity index (χ0) is 11.2. The summed E-state index contributed by atoms with van der Waals surface area (Å²) in [5, 5.41) is 0. The van der Waals surface area contributed by atoms with Crippen molar-refractivity contribution in [1.29, 1.82) is 0 Å². The number of aromatic nitrogens is 2. The maximum Gasteiger partial charge on any atom is 0.213 e. The van der Waals surface area contributed by atoms with Crippen LogP contribution >= 0.6 is 0 Å². The molecule has 0 saturated heterocycles. The van der Waals surface area contributed by atoms with E-state index in [2.05, 4.69) is 9.97 Å². The molecule has 0 aromatic carbocycles. The molecular weight excluding hydrogens is 200 g/mol. The second-order valence-corrected chi connectivity index (χ2v) is 3.22. The Morgan fingerprint density at radius 2 is 2.00 bits per heavy atom. The molecule has 3 nitrogen and oxygen atoms in total. The number of hydrogen-bond acceptors (Lipinski definition) is 3. The van der Waals surface area contributed by atoms with Gasteiger partial charge < -0.3 is 4.74 Å². The highest BCUT2D eigenvalue weighted by molar-refractivity contribution is 5.68. The van der Waals surface area contributed by atoms with E-state index in [1.165, 1.54) is 0 Å². The summed E-state index contributed by atoms with van der Waals surface area (Å²) in [7, 11) is 1.61. The lowest BCUT2D eigenvalue weighted by Gasteiger charge is -1.98. The van der Waals surface area contributed by atoms with Crippen LogP contribution in [0.25, 0.3) is 12.2 Å². The monoisotopic (exact) mass is 212 g/mol. The van der Waals surface area contributed by atoms with E-state index in [0.29, 0.717) is 5.88 Å². The largest absolute Gasteiger partial charge is 0.481 e. The summed E-state index contributed by atoms with van der Waals surface area (Å²) in [6.07, 6.45) is 7.42. The van der Waals surface area contributed by atoms with Gasteiger partial charge in [0, 0.05) is 18.5 Å². The van der Waals surface area contributed by atoms with Crippen molar-refractivity contribution in [2.75, 3.05) is 7.11 Å². The highest BCUT2D eigenvalue weighted by Crippen LogP contribution is 2.11.